The van der Waals surface area contributed by atoms with Gasteiger partial charge in [0.1, 0.15) is 5.60 Å². The van der Waals surface area contributed by atoms with Crippen molar-refractivity contribution >= 4 is 17.7 Å². The highest BCUT2D eigenvalue weighted by molar-refractivity contribution is 5.93. The molecule has 4 rings (SSSR count). The van der Waals surface area contributed by atoms with E-state index in [1.807, 2.05) is 39.0 Å². The first-order valence-corrected chi connectivity index (χ1v) is 10.5. The van der Waals surface area contributed by atoms with Crippen molar-refractivity contribution in [1.82, 2.24) is 4.90 Å². The van der Waals surface area contributed by atoms with Crippen LogP contribution in [0.2, 0.25) is 0 Å². The number of rotatable bonds is 2. The number of fused-ring (bicyclic) bond motifs is 1. The molecule has 0 radical (unpaired) electrons. The Hall–Kier alpha value is -2.44. The van der Waals surface area contributed by atoms with Crippen molar-refractivity contribution in [3.63, 3.8) is 0 Å². The van der Waals surface area contributed by atoms with Crippen LogP contribution in [0.4, 0.5) is 10.5 Å². The van der Waals surface area contributed by atoms with Crippen LogP contribution in [-0.2, 0) is 9.53 Å². The minimum absolute atomic E-state index is 0.0247. The third kappa shape index (κ3) is 4.43. The number of nitrogens with one attached hydrogen (secondary N) is 1. The van der Waals surface area contributed by atoms with Crippen LogP contribution in [0.25, 0.3) is 0 Å². The highest BCUT2D eigenvalue weighted by Gasteiger charge is 2.44. The van der Waals surface area contributed by atoms with E-state index in [0.29, 0.717) is 37.4 Å². The molecule has 1 saturated heterocycles. The van der Waals surface area contributed by atoms with Crippen molar-refractivity contribution in [1.29, 1.82) is 0 Å². The van der Waals surface area contributed by atoms with Crippen molar-refractivity contribution in [3.05, 3.63) is 18.2 Å². The molecule has 158 valence electrons. The third-order valence-electron chi connectivity index (χ3n) is 5.69. The van der Waals surface area contributed by atoms with Gasteiger partial charge >= 0.3 is 6.09 Å². The van der Waals surface area contributed by atoms with E-state index in [1.54, 1.807) is 4.90 Å². The van der Waals surface area contributed by atoms with Crippen LogP contribution in [0, 0.1) is 5.92 Å². The lowest BCUT2D eigenvalue weighted by atomic mass is 9.96. The molecule has 1 aromatic rings. The van der Waals surface area contributed by atoms with Gasteiger partial charge in [-0.2, -0.15) is 0 Å². The molecule has 1 N–H and O–H groups in total. The molecule has 2 amide bonds. The van der Waals surface area contributed by atoms with E-state index in [4.69, 9.17) is 14.2 Å². The molecule has 3 aliphatic rings. The first-order chi connectivity index (χ1) is 13.7. The molecule has 0 atom stereocenters. The first kappa shape index (κ1) is 19.9. The molecule has 7 heteroatoms. The predicted octanol–water partition coefficient (Wildman–Crippen LogP) is 4.31. The number of likely N-dealkylation sites (tertiary alicyclic amines) is 1. The number of anilines is 1. The molecular formula is C22H30N2O5. The third-order valence-corrected chi connectivity index (χ3v) is 5.69. The zero-order valence-corrected chi connectivity index (χ0v) is 17.5. The molecule has 2 aliphatic heterocycles. The van der Waals surface area contributed by atoms with Gasteiger partial charge in [-0.3, -0.25) is 4.79 Å². The molecule has 2 heterocycles. The molecule has 7 nitrogen and oxygen atoms in total. The zero-order valence-electron chi connectivity index (χ0n) is 17.5. The quantitative estimate of drug-likeness (QED) is 0.797. The van der Waals surface area contributed by atoms with Gasteiger partial charge in [0, 0.05) is 43.6 Å². The number of carbonyl (C=O) groups is 2. The zero-order chi connectivity index (χ0) is 20.6. The van der Waals surface area contributed by atoms with Gasteiger partial charge in [0.2, 0.25) is 5.91 Å². The second-order valence-electron chi connectivity index (χ2n) is 9.21. The van der Waals surface area contributed by atoms with E-state index in [-0.39, 0.29) is 17.9 Å². The van der Waals surface area contributed by atoms with Crippen LogP contribution < -0.4 is 14.8 Å². The molecule has 1 aliphatic carbocycles. The second kappa shape index (κ2) is 7.43. The van der Waals surface area contributed by atoms with E-state index in [9.17, 15) is 9.59 Å². The Labute approximate surface area is 171 Å². The summed E-state index contributed by atoms with van der Waals surface area (Å²) in [6.07, 6.45) is 4.96. The van der Waals surface area contributed by atoms with Crippen LogP contribution in [0.15, 0.2) is 18.2 Å². The van der Waals surface area contributed by atoms with Gasteiger partial charge in [-0.25, -0.2) is 4.79 Å². The van der Waals surface area contributed by atoms with E-state index < -0.39 is 11.4 Å². The number of nitrogens with zero attached hydrogens (tertiary/aromatic N) is 1. The summed E-state index contributed by atoms with van der Waals surface area (Å²) < 4.78 is 17.5. The summed E-state index contributed by atoms with van der Waals surface area (Å²) in [6.45, 7) is 6.61. The van der Waals surface area contributed by atoms with Gasteiger partial charge < -0.3 is 24.4 Å². The van der Waals surface area contributed by atoms with E-state index in [2.05, 4.69) is 5.32 Å². The van der Waals surface area contributed by atoms with Crippen molar-refractivity contribution in [3.8, 4) is 11.5 Å². The second-order valence-corrected chi connectivity index (χ2v) is 9.21. The van der Waals surface area contributed by atoms with Crippen LogP contribution in [0.5, 0.6) is 11.5 Å². The summed E-state index contributed by atoms with van der Waals surface area (Å²) in [7, 11) is 0. The minimum atomic E-state index is -0.512. The fourth-order valence-electron chi connectivity index (χ4n) is 4.18. The van der Waals surface area contributed by atoms with Crippen LogP contribution in [0.3, 0.4) is 0 Å². The minimum Gasteiger partial charge on any atom is -0.448 e. The maximum absolute atomic E-state index is 12.7. The van der Waals surface area contributed by atoms with E-state index in [1.165, 1.54) is 0 Å². The van der Waals surface area contributed by atoms with Gasteiger partial charge in [0.25, 0.3) is 5.79 Å². The standard InChI is InChI=1S/C22H30N2O5/c1-21(2,3)29-20(26)24-12-8-15(9-13-24)19(25)23-16-6-7-17-18(14-16)28-22(27-17)10-4-5-11-22/h6-7,14-15H,4-5,8-13H2,1-3H3,(H,23,25). The highest BCUT2D eigenvalue weighted by atomic mass is 16.7. The molecule has 29 heavy (non-hydrogen) atoms. The normalized spacial score (nSPS) is 20.7. The van der Waals surface area contributed by atoms with E-state index in [0.717, 1.165) is 31.4 Å². The molecule has 2 fully saturated rings. The predicted molar refractivity (Wildman–Crippen MR) is 108 cm³/mol. The monoisotopic (exact) mass is 402 g/mol. The molecule has 1 saturated carbocycles. The molecule has 1 spiro atoms. The summed E-state index contributed by atoms with van der Waals surface area (Å²) in [6, 6.07) is 5.56. The summed E-state index contributed by atoms with van der Waals surface area (Å²) in [5.41, 5.74) is 0.198. The number of benzene rings is 1. The van der Waals surface area contributed by atoms with Crippen molar-refractivity contribution < 1.29 is 23.8 Å². The number of piperidine rings is 1. The number of hydrogen-bond donors (Lipinski definition) is 1. The summed E-state index contributed by atoms with van der Waals surface area (Å²) in [4.78, 5) is 26.6. The maximum atomic E-state index is 12.7. The molecule has 0 unspecified atom stereocenters. The van der Waals surface area contributed by atoms with Gasteiger partial charge in [0.15, 0.2) is 11.5 Å². The molecular weight excluding hydrogens is 372 g/mol. The Balaban J connectivity index is 1.30. The molecule has 0 aromatic heterocycles. The number of carbonyl (C=O) groups excluding carboxylic acids is 2. The summed E-state index contributed by atoms with van der Waals surface area (Å²) >= 11 is 0. The number of amides is 2. The molecule has 0 bridgehead atoms. The van der Waals surface area contributed by atoms with Gasteiger partial charge in [-0.05, 0) is 58.6 Å². The number of hydrogen-bond acceptors (Lipinski definition) is 5. The summed E-state index contributed by atoms with van der Waals surface area (Å²) in [5, 5.41) is 2.99. The lowest BCUT2D eigenvalue weighted by Gasteiger charge is -2.32. The number of ether oxygens (including phenoxy) is 3. The average Bonchev–Trinajstić information content (AvgIpc) is 3.26. The highest BCUT2D eigenvalue weighted by Crippen LogP contribution is 2.47. The topological polar surface area (TPSA) is 77.1 Å². The largest absolute Gasteiger partial charge is 0.448 e. The van der Waals surface area contributed by atoms with Gasteiger partial charge in [0.05, 0.1) is 0 Å². The van der Waals surface area contributed by atoms with Crippen molar-refractivity contribution in [2.24, 2.45) is 5.92 Å². The first-order valence-electron chi connectivity index (χ1n) is 10.5. The van der Waals surface area contributed by atoms with Gasteiger partial charge in [-0.1, -0.05) is 0 Å². The maximum Gasteiger partial charge on any atom is 0.410 e. The lowest BCUT2D eigenvalue weighted by Crippen LogP contribution is -2.43. The molecule has 1 aromatic carbocycles. The average molecular weight is 402 g/mol. The van der Waals surface area contributed by atoms with Crippen molar-refractivity contribution in [2.75, 3.05) is 18.4 Å². The Morgan fingerprint density at radius 2 is 1.76 bits per heavy atom. The fraction of sp³-hybridized carbons (Fsp3) is 0.636. The van der Waals surface area contributed by atoms with Gasteiger partial charge in [-0.15, -0.1) is 0 Å². The summed E-state index contributed by atoms with van der Waals surface area (Å²) in [5.74, 6) is 0.794. The fourth-order valence-corrected chi connectivity index (χ4v) is 4.18. The smallest absolute Gasteiger partial charge is 0.410 e. The van der Waals surface area contributed by atoms with Crippen LogP contribution >= 0.6 is 0 Å². The van der Waals surface area contributed by atoms with Crippen LogP contribution in [0.1, 0.15) is 59.3 Å². The van der Waals surface area contributed by atoms with E-state index >= 15 is 0 Å². The van der Waals surface area contributed by atoms with Crippen LogP contribution in [-0.4, -0.2) is 41.4 Å². The Morgan fingerprint density at radius 3 is 2.41 bits per heavy atom. The Morgan fingerprint density at radius 1 is 1.10 bits per heavy atom. The SMILES string of the molecule is CC(C)(C)OC(=O)N1CCC(C(=O)Nc2ccc3c(c2)OC2(CCCC2)O3)CC1. The Kier molecular flexibility index (Phi) is 5.09. The lowest BCUT2D eigenvalue weighted by molar-refractivity contribution is -0.121. The van der Waals surface area contributed by atoms with Crippen molar-refractivity contribution in [2.45, 2.75) is 70.7 Å². The Bertz CT molecular complexity index is 787.